The molecule has 3 amide bonds. The van der Waals surface area contributed by atoms with E-state index in [2.05, 4.69) is 5.32 Å². The average Bonchev–Trinajstić information content (AvgIpc) is 2.89. The van der Waals surface area contributed by atoms with Gasteiger partial charge in [-0.2, -0.15) is 13.2 Å². The molecule has 0 fully saturated rings. The van der Waals surface area contributed by atoms with Crippen LogP contribution < -0.4 is 5.32 Å². The average molecular weight is 406 g/mol. The minimum Gasteiger partial charge on any atom is -0.452 e. The molecule has 0 aliphatic carbocycles. The summed E-state index contributed by atoms with van der Waals surface area (Å²) >= 11 is 0. The number of esters is 1. The van der Waals surface area contributed by atoms with Crippen molar-refractivity contribution < 1.29 is 37.1 Å². The van der Waals surface area contributed by atoms with Crippen LogP contribution in [-0.4, -0.2) is 42.2 Å². The van der Waals surface area contributed by atoms with Gasteiger partial charge in [0.1, 0.15) is 0 Å². The number of hydrogen-bond acceptors (Lipinski definition) is 5. The molecular formula is C19H13F3N2O5. The number of alkyl halides is 3. The van der Waals surface area contributed by atoms with Crippen molar-refractivity contribution in [3.05, 3.63) is 64.7 Å². The first-order valence-corrected chi connectivity index (χ1v) is 8.18. The lowest BCUT2D eigenvalue weighted by Crippen LogP contribution is -2.24. The van der Waals surface area contributed by atoms with Crippen LogP contribution in [0.25, 0.3) is 0 Å². The zero-order valence-corrected chi connectivity index (χ0v) is 14.9. The molecule has 10 heteroatoms. The van der Waals surface area contributed by atoms with Gasteiger partial charge in [0.2, 0.25) is 0 Å². The number of hydrogen-bond donors (Lipinski definition) is 1. The van der Waals surface area contributed by atoms with Crippen LogP contribution in [0.3, 0.4) is 0 Å². The third-order valence-electron chi connectivity index (χ3n) is 4.13. The number of fused-ring (bicyclic) bond motifs is 1. The van der Waals surface area contributed by atoms with E-state index in [1.807, 2.05) is 0 Å². The lowest BCUT2D eigenvalue weighted by atomic mass is 10.1. The number of halogens is 3. The molecule has 29 heavy (non-hydrogen) atoms. The second-order valence-corrected chi connectivity index (χ2v) is 6.13. The molecule has 1 N–H and O–H groups in total. The second-order valence-electron chi connectivity index (χ2n) is 6.13. The van der Waals surface area contributed by atoms with E-state index in [0.717, 1.165) is 23.1 Å². The van der Waals surface area contributed by atoms with Gasteiger partial charge in [-0.05, 0) is 36.4 Å². The first kappa shape index (κ1) is 20.1. The number of amides is 3. The molecule has 0 atom stereocenters. The molecule has 0 aromatic heterocycles. The Morgan fingerprint density at radius 3 is 2.41 bits per heavy atom. The summed E-state index contributed by atoms with van der Waals surface area (Å²) in [6.07, 6.45) is -4.56. The van der Waals surface area contributed by atoms with E-state index >= 15 is 0 Å². The number of benzene rings is 2. The minimum absolute atomic E-state index is 0.0420. The Balaban J connectivity index is 1.62. The fourth-order valence-electron chi connectivity index (χ4n) is 2.67. The molecule has 0 bridgehead atoms. The molecule has 0 saturated carbocycles. The Labute approximate surface area is 162 Å². The van der Waals surface area contributed by atoms with Crippen LogP contribution in [0.15, 0.2) is 42.5 Å². The van der Waals surface area contributed by atoms with Crippen LogP contribution in [0.1, 0.15) is 36.6 Å². The standard InChI is InChI=1S/C19H13F3N2O5/c1-24-16(26)13-6-5-10(7-14(13)17(24)27)18(28)29-9-15(25)23-12-4-2-3-11(8-12)19(20,21)22/h2-8H,9H2,1H3,(H,23,25). The Morgan fingerprint density at radius 1 is 1.03 bits per heavy atom. The summed E-state index contributed by atoms with van der Waals surface area (Å²) in [5.41, 5.74) is -0.899. The van der Waals surface area contributed by atoms with Crippen molar-refractivity contribution in [3.63, 3.8) is 0 Å². The minimum atomic E-state index is -4.56. The van der Waals surface area contributed by atoms with Crippen LogP contribution in [0.2, 0.25) is 0 Å². The van der Waals surface area contributed by atoms with Gasteiger partial charge in [0.05, 0.1) is 22.3 Å². The van der Waals surface area contributed by atoms with Crippen LogP contribution in [0.4, 0.5) is 18.9 Å². The highest BCUT2D eigenvalue weighted by Gasteiger charge is 2.33. The van der Waals surface area contributed by atoms with E-state index in [9.17, 15) is 32.3 Å². The van der Waals surface area contributed by atoms with Crippen molar-refractivity contribution in [3.8, 4) is 0 Å². The number of rotatable bonds is 4. The zero-order valence-electron chi connectivity index (χ0n) is 14.9. The highest BCUT2D eigenvalue weighted by atomic mass is 19.4. The number of imide groups is 1. The summed E-state index contributed by atoms with van der Waals surface area (Å²) < 4.78 is 42.9. The maximum atomic E-state index is 12.7. The largest absolute Gasteiger partial charge is 0.452 e. The van der Waals surface area contributed by atoms with Crippen LogP contribution in [-0.2, 0) is 15.7 Å². The number of anilines is 1. The number of nitrogens with one attached hydrogen (secondary N) is 1. The van der Waals surface area contributed by atoms with Gasteiger partial charge in [-0.1, -0.05) is 6.07 Å². The van der Waals surface area contributed by atoms with Gasteiger partial charge in [0.25, 0.3) is 17.7 Å². The zero-order chi connectivity index (χ0) is 21.3. The molecule has 150 valence electrons. The van der Waals surface area contributed by atoms with Gasteiger partial charge >= 0.3 is 12.1 Å². The number of carbonyl (C=O) groups is 4. The lowest BCUT2D eigenvalue weighted by Gasteiger charge is -2.10. The van der Waals surface area contributed by atoms with Crippen molar-refractivity contribution in [2.75, 3.05) is 19.0 Å². The smallest absolute Gasteiger partial charge is 0.416 e. The van der Waals surface area contributed by atoms with E-state index in [4.69, 9.17) is 4.74 Å². The molecule has 1 heterocycles. The molecule has 2 aromatic carbocycles. The molecular weight excluding hydrogens is 393 g/mol. The summed E-state index contributed by atoms with van der Waals surface area (Å²) in [4.78, 5) is 48.6. The topological polar surface area (TPSA) is 92.8 Å². The fourth-order valence-corrected chi connectivity index (χ4v) is 2.67. The van der Waals surface area contributed by atoms with Gasteiger partial charge in [-0.15, -0.1) is 0 Å². The summed E-state index contributed by atoms with van der Waals surface area (Å²) in [6, 6.07) is 7.76. The van der Waals surface area contributed by atoms with Crippen LogP contribution >= 0.6 is 0 Å². The molecule has 1 aliphatic heterocycles. The molecule has 3 rings (SSSR count). The van der Waals surface area contributed by atoms with E-state index in [1.54, 1.807) is 0 Å². The predicted molar refractivity (Wildman–Crippen MR) is 93.2 cm³/mol. The predicted octanol–water partition coefficient (Wildman–Crippen LogP) is 2.73. The van der Waals surface area contributed by atoms with Gasteiger partial charge in [-0.25, -0.2) is 4.79 Å². The Morgan fingerprint density at radius 2 is 1.72 bits per heavy atom. The van der Waals surface area contributed by atoms with Gasteiger partial charge in [0, 0.05) is 12.7 Å². The molecule has 0 spiro atoms. The van der Waals surface area contributed by atoms with Crippen molar-refractivity contribution in [1.82, 2.24) is 4.90 Å². The van der Waals surface area contributed by atoms with Crippen LogP contribution in [0.5, 0.6) is 0 Å². The second kappa shape index (κ2) is 7.38. The number of carbonyl (C=O) groups excluding carboxylic acids is 4. The maximum absolute atomic E-state index is 12.7. The lowest BCUT2D eigenvalue weighted by molar-refractivity contribution is -0.137. The van der Waals surface area contributed by atoms with E-state index in [-0.39, 0.29) is 22.4 Å². The van der Waals surface area contributed by atoms with Crippen molar-refractivity contribution >= 4 is 29.4 Å². The third kappa shape index (κ3) is 4.10. The molecule has 0 unspecified atom stereocenters. The van der Waals surface area contributed by atoms with Crippen molar-refractivity contribution in [2.24, 2.45) is 0 Å². The fraction of sp³-hybridized carbons (Fsp3) is 0.158. The molecule has 0 radical (unpaired) electrons. The van der Waals surface area contributed by atoms with Crippen LogP contribution in [0, 0.1) is 0 Å². The molecule has 2 aromatic rings. The Kier molecular flexibility index (Phi) is 5.10. The Hall–Kier alpha value is -3.69. The first-order chi connectivity index (χ1) is 13.6. The van der Waals surface area contributed by atoms with E-state index in [1.165, 1.54) is 31.3 Å². The Bertz CT molecular complexity index is 1030. The monoisotopic (exact) mass is 406 g/mol. The normalized spacial score (nSPS) is 13.3. The molecule has 1 aliphatic rings. The number of nitrogens with zero attached hydrogens (tertiary/aromatic N) is 1. The van der Waals surface area contributed by atoms with Crippen molar-refractivity contribution in [2.45, 2.75) is 6.18 Å². The summed E-state index contributed by atoms with van der Waals surface area (Å²) in [5, 5.41) is 2.20. The summed E-state index contributed by atoms with van der Waals surface area (Å²) in [5.74, 6) is -2.83. The van der Waals surface area contributed by atoms with E-state index < -0.39 is 42.0 Å². The summed E-state index contributed by atoms with van der Waals surface area (Å²) in [7, 11) is 1.31. The third-order valence-corrected chi connectivity index (χ3v) is 4.13. The highest BCUT2D eigenvalue weighted by Crippen LogP contribution is 2.30. The van der Waals surface area contributed by atoms with Gasteiger partial charge in [-0.3, -0.25) is 19.3 Å². The first-order valence-electron chi connectivity index (χ1n) is 8.18. The van der Waals surface area contributed by atoms with Crippen molar-refractivity contribution in [1.29, 1.82) is 0 Å². The molecule has 0 saturated heterocycles. The van der Waals surface area contributed by atoms with Gasteiger partial charge < -0.3 is 10.1 Å². The highest BCUT2D eigenvalue weighted by molar-refractivity contribution is 6.21. The number of ether oxygens (including phenoxy) is 1. The molecule has 7 nitrogen and oxygen atoms in total. The SMILES string of the molecule is CN1C(=O)c2ccc(C(=O)OCC(=O)Nc3cccc(C(F)(F)F)c3)cc2C1=O. The van der Waals surface area contributed by atoms with Gasteiger partial charge in [0.15, 0.2) is 6.61 Å². The summed E-state index contributed by atoms with van der Waals surface area (Å²) in [6.45, 7) is -0.751. The van der Waals surface area contributed by atoms with E-state index in [0.29, 0.717) is 0 Å². The quantitative estimate of drug-likeness (QED) is 0.623. The maximum Gasteiger partial charge on any atom is 0.416 e.